The van der Waals surface area contributed by atoms with Crippen molar-refractivity contribution in [2.45, 2.75) is 0 Å². The average Bonchev–Trinajstić information content (AvgIpc) is 2.30. The molecule has 0 spiro atoms. The van der Waals surface area contributed by atoms with Crippen molar-refractivity contribution >= 4 is 51.0 Å². The molecule has 1 rings (SSSR count). The number of benzene rings is 1. The number of amides is 4. The first-order valence-corrected chi connectivity index (χ1v) is 7.72. The number of anilines is 1. The van der Waals surface area contributed by atoms with Gasteiger partial charge in [-0.25, -0.2) is 22.3 Å². The van der Waals surface area contributed by atoms with E-state index in [0.717, 1.165) is 13.3 Å². The van der Waals surface area contributed by atoms with Crippen LogP contribution in [-0.2, 0) is 10.0 Å². The van der Waals surface area contributed by atoms with Gasteiger partial charge >= 0.3 is 12.1 Å². The zero-order valence-corrected chi connectivity index (χ0v) is 12.8. The third kappa shape index (κ3) is 4.55. The highest BCUT2D eigenvalue weighted by Gasteiger charge is 2.20. The maximum atomic E-state index is 11.5. The van der Waals surface area contributed by atoms with Crippen molar-refractivity contribution in [3.63, 3.8) is 0 Å². The molecule has 0 aliphatic heterocycles. The summed E-state index contributed by atoms with van der Waals surface area (Å²) in [7, 11) is -2.72. The highest BCUT2D eigenvalue weighted by Crippen LogP contribution is 2.25. The van der Waals surface area contributed by atoms with Crippen molar-refractivity contribution in [2.75, 3.05) is 18.6 Å². The second kappa shape index (κ2) is 6.29. The molecule has 0 saturated carbocycles. The Morgan fingerprint density at radius 1 is 1.25 bits per heavy atom. The van der Waals surface area contributed by atoms with Gasteiger partial charge in [-0.2, -0.15) is 0 Å². The number of nitrogens with zero attached hydrogens (tertiary/aromatic N) is 1. The zero-order chi connectivity index (χ0) is 15.5. The SMILES string of the molecule is CN(C(=O)NC(=O)Nc1ccc(Cl)cc1Cl)S(C)(=O)=O. The normalized spacial score (nSPS) is 10.8. The molecule has 1 aromatic rings. The van der Waals surface area contributed by atoms with Crippen molar-refractivity contribution in [3.05, 3.63) is 28.2 Å². The summed E-state index contributed by atoms with van der Waals surface area (Å²) in [6.45, 7) is 0. The molecule has 0 fully saturated rings. The zero-order valence-electron chi connectivity index (χ0n) is 10.5. The molecule has 0 heterocycles. The quantitative estimate of drug-likeness (QED) is 0.862. The number of imide groups is 1. The average molecular weight is 340 g/mol. The van der Waals surface area contributed by atoms with Crippen molar-refractivity contribution in [1.82, 2.24) is 9.62 Å². The van der Waals surface area contributed by atoms with E-state index in [9.17, 15) is 18.0 Å². The predicted molar refractivity (Wildman–Crippen MR) is 76.6 cm³/mol. The molecule has 0 bridgehead atoms. The van der Waals surface area contributed by atoms with Gasteiger partial charge in [0.25, 0.3) is 0 Å². The summed E-state index contributed by atoms with van der Waals surface area (Å²) < 4.78 is 22.6. The molecule has 110 valence electrons. The smallest absolute Gasteiger partial charge is 0.306 e. The summed E-state index contributed by atoms with van der Waals surface area (Å²) in [6, 6.07) is 2.33. The topological polar surface area (TPSA) is 95.6 Å². The van der Waals surface area contributed by atoms with Crippen LogP contribution in [0.1, 0.15) is 0 Å². The molecule has 4 amide bonds. The van der Waals surface area contributed by atoms with E-state index in [4.69, 9.17) is 23.2 Å². The lowest BCUT2D eigenvalue weighted by Gasteiger charge is -2.15. The number of hydrogen-bond donors (Lipinski definition) is 2. The maximum absolute atomic E-state index is 11.5. The third-order valence-electron chi connectivity index (χ3n) is 2.18. The lowest BCUT2D eigenvalue weighted by molar-refractivity contribution is 0.223. The molecule has 20 heavy (non-hydrogen) atoms. The van der Waals surface area contributed by atoms with Crippen molar-refractivity contribution in [2.24, 2.45) is 0 Å². The first-order chi connectivity index (χ1) is 9.11. The fourth-order valence-electron chi connectivity index (χ4n) is 1.07. The number of urea groups is 2. The van der Waals surface area contributed by atoms with Gasteiger partial charge in [-0.05, 0) is 18.2 Å². The van der Waals surface area contributed by atoms with E-state index >= 15 is 0 Å². The van der Waals surface area contributed by atoms with Gasteiger partial charge in [-0.3, -0.25) is 5.32 Å². The number of rotatable bonds is 2. The van der Waals surface area contributed by atoms with Crippen LogP contribution < -0.4 is 10.6 Å². The summed E-state index contributed by atoms with van der Waals surface area (Å²) in [5, 5.41) is 4.69. The predicted octanol–water partition coefficient (Wildman–Crippen LogP) is 2.13. The molecule has 0 aliphatic rings. The van der Waals surface area contributed by atoms with Gasteiger partial charge in [0.05, 0.1) is 17.0 Å². The second-order valence-corrected chi connectivity index (χ2v) is 6.60. The number of sulfonamides is 1. The first kappa shape index (κ1) is 16.5. The van der Waals surface area contributed by atoms with Crippen molar-refractivity contribution in [3.8, 4) is 0 Å². The highest BCUT2D eigenvalue weighted by atomic mass is 35.5. The largest absolute Gasteiger partial charge is 0.338 e. The van der Waals surface area contributed by atoms with Gasteiger partial charge in [-0.15, -0.1) is 0 Å². The van der Waals surface area contributed by atoms with Crippen LogP contribution in [0.5, 0.6) is 0 Å². The number of carbonyl (C=O) groups excluding carboxylic acids is 2. The second-order valence-electron chi connectivity index (χ2n) is 3.74. The summed E-state index contributed by atoms with van der Waals surface area (Å²) in [5.41, 5.74) is 0.225. The van der Waals surface area contributed by atoms with E-state index in [0.29, 0.717) is 9.33 Å². The summed E-state index contributed by atoms with van der Waals surface area (Å²) in [4.78, 5) is 23.0. The van der Waals surface area contributed by atoms with Crippen LogP contribution in [-0.4, -0.2) is 38.1 Å². The molecular formula is C10H11Cl2N3O4S. The molecule has 2 N–H and O–H groups in total. The van der Waals surface area contributed by atoms with Crippen molar-refractivity contribution in [1.29, 1.82) is 0 Å². The fourth-order valence-corrected chi connectivity index (χ4v) is 1.87. The number of halogens is 2. The number of carbonyl (C=O) groups is 2. The minimum absolute atomic E-state index is 0.177. The van der Waals surface area contributed by atoms with Crippen LogP contribution in [0.15, 0.2) is 18.2 Å². The van der Waals surface area contributed by atoms with Crippen LogP contribution in [0.4, 0.5) is 15.3 Å². The molecule has 10 heteroatoms. The Labute approximate surface area is 125 Å². The van der Waals surface area contributed by atoms with E-state index in [1.807, 2.05) is 5.32 Å². The molecule has 0 radical (unpaired) electrons. The fraction of sp³-hybridized carbons (Fsp3) is 0.200. The van der Waals surface area contributed by atoms with E-state index in [1.54, 1.807) is 0 Å². The molecule has 1 aromatic carbocycles. The minimum atomic E-state index is -3.74. The van der Waals surface area contributed by atoms with E-state index in [2.05, 4.69) is 5.32 Å². The lowest BCUT2D eigenvalue weighted by atomic mass is 10.3. The Hall–Kier alpha value is -1.51. The van der Waals surface area contributed by atoms with E-state index < -0.39 is 22.1 Å². The van der Waals surface area contributed by atoms with E-state index in [1.165, 1.54) is 18.2 Å². The van der Waals surface area contributed by atoms with Gasteiger partial charge in [0, 0.05) is 12.1 Å². The number of hydrogen-bond acceptors (Lipinski definition) is 4. The first-order valence-electron chi connectivity index (χ1n) is 5.12. The summed E-state index contributed by atoms with van der Waals surface area (Å²) in [6.07, 6.45) is 0.834. The van der Waals surface area contributed by atoms with Gasteiger partial charge in [0.15, 0.2) is 0 Å². The minimum Gasteiger partial charge on any atom is -0.306 e. The van der Waals surface area contributed by atoms with Crippen LogP contribution in [0, 0.1) is 0 Å². The molecule has 0 aromatic heterocycles. The van der Waals surface area contributed by atoms with Crippen molar-refractivity contribution < 1.29 is 18.0 Å². The molecule has 7 nitrogen and oxygen atoms in total. The Morgan fingerprint density at radius 2 is 1.85 bits per heavy atom. The van der Waals surface area contributed by atoms with Gasteiger partial charge in [0.2, 0.25) is 10.0 Å². The molecular weight excluding hydrogens is 329 g/mol. The maximum Gasteiger partial charge on any atom is 0.338 e. The van der Waals surface area contributed by atoms with Gasteiger partial charge in [-0.1, -0.05) is 23.2 Å². The molecule has 0 aliphatic carbocycles. The van der Waals surface area contributed by atoms with Crippen LogP contribution in [0.25, 0.3) is 0 Å². The lowest BCUT2D eigenvalue weighted by Crippen LogP contribution is -2.44. The van der Waals surface area contributed by atoms with Crippen LogP contribution in [0.2, 0.25) is 10.0 Å². The van der Waals surface area contributed by atoms with E-state index in [-0.39, 0.29) is 10.7 Å². The molecule has 0 unspecified atom stereocenters. The Morgan fingerprint density at radius 3 is 2.35 bits per heavy atom. The Balaban J connectivity index is 2.71. The van der Waals surface area contributed by atoms with Gasteiger partial charge < -0.3 is 5.32 Å². The molecule has 0 saturated heterocycles. The third-order valence-corrected chi connectivity index (χ3v) is 3.89. The Bertz CT molecular complexity index is 648. The van der Waals surface area contributed by atoms with Gasteiger partial charge in [0.1, 0.15) is 0 Å². The summed E-state index contributed by atoms with van der Waals surface area (Å²) in [5.74, 6) is 0. The van der Waals surface area contributed by atoms with Crippen LogP contribution in [0.3, 0.4) is 0 Å². The number of nitrogens with one attached hydrogen (secondary N) is 2. The molecule has 0 atom stereocenters. The summed E-state index contributed by atoms with van der Waals surface area (Å²) >= 11 is 11.5. The monoisotopic (exact) mass is 339 g/mol. The van der Waals surface area contributed by atoms with Crippen LogP contribution >= 0.6 is 23.2 Å². The standard InChI is InChI=1S/C10H11Cl2N3O4S/c1-15(20(2,18)19)10(17)14-9(16)13-8-4-3-6(11)5-7(8)12/h3-5H,1-2H3,(H2,13,14,16,17). The highest BCUT2D eigenvalue weighted by molar-refractivity contribution is 7.88. The Kier molecular flexibility index (Phi) is 5.21.